The van der Waals surface area contributed by atoms with Gasteiger partial charge in [0.05, 0.1) is 5.75 Å². The van der Waals surface area contributed by atoms with Crippen LogP contribution >= 0.6 is 11.8 Å². The van der Waals surface area contributed by atoms with Crippen LogP contribution in [0, 0.1) is 6.92 Å². The van der Waals surface area contributed by atoms with Gasteiger partial charge < -0.3 is 29.8 Å². The first kappa shape index (κ1) is 31.3. The Bertz CT molecular complexity index is 1920. The fourth-order valence-electron chi connectivity index (χ4n) is 4.69. The van der Waals surface area contributed by atoms with Crippen LogP contribution in [0.15, 0.2) is 124 Å². The average Bonchev–Trinajstić information content (AvgIpc) is 3.57. The molecule has 47 heavy (non-hydrogen) atoms. The summed E-state index contributed by atoms with van der Waals surface area (Å²) in [7, 11) is 0. The van der Waals surface area contributed by atoms with Crippen LogP contribution in [0.4, 0.5) is 11.4 Å². The molecule has 0 saturated heterocycles. The van der Waals surface area contributed by atoms with Gasteiger partial charge in [-0.1, -0.05) is 48.0 Å². The molecule has 0 fully saturated rings. The van der Waals surface area contributed by atoms with Crippen LogP contribution in [-0.2, 0) is 9.59 Å². The largest absolute Gasteiger partial charge is 0.486 e. The highest BCUT2D eigenvalue weighted by atomic mass is 32.2. The lowest BCUT2D eigenvalue weighted by atomic mass is 10.1. The molecule has 4 aromatic carbocycles. The van der Waals surface area contributed by atoms with E-state index >= 15 is 0 Å². The Labute approximate surface area is 276 Å². The summed E-state index contributed by atoms with van der Waals surface area (Å²) in [6, 6.07) is 32.5. The van der Waals surface area contributed by atoms with Crippen molar-refractivity contribution < 1.29 is 28.3 Å². The van der Waals surface area contributed by atoms with E-state index < -0.39 is 11.8 Å². The molecule has 0 aliphatic carbocycles. The number of anilines is 2. The van der Waals surface area contributed by atoms with Gasteiger partial charge in [-0.15, -0.1) is 11.8 Å². The Morgan fingerprint density at radius 1 is 0.766 bits per heavy atom. The summed E-state index contributed by atoms with van der Waals surface area (Å²) in [5.41, 5.74) is 3.59. The van der Waals surface area contributed by atoms with Gasteiger partial charge in [-0.25, -0.2) is 0 Å². The van der Waals surface area contributed by atoms with E-state index in [0.717, 1.165) is 16.0 Å². The van der Waals surface area contributed by atoms with Gasteiger partial charge in [0.2, 0.25) is 5.91 Å². The van der Waals surface area contributed by atoms with E-state index in [4.69, 9.17) is 13.9 Å². The summed E-state index contributed by atoms with van der Waals surface area (Å²) in [5, 5.41) is 8.44. The van der Waals surface area contributed by atoms with Crippen molar-refractivity contribution >= 4 is 46.9 Å². The number of rotatable bonds is 10. The molecule has 2 heterocycles. The Morgan fingerprint density at radius 2 is 1.49 bits per heavy atom. The number of fused-ring (bicyclic) bond motifs is 1. The minimum atomic E-state index is -0.526. The monoisotopic (exact) mass is 645 g/mol. The van der Waals surface area contributed by atoms with Crippen molar-refractivity contribution in [2.75, 3.05) is 29.6 Å². The highest BCUT2D eigenvalue weighted by Crippen LogP contribution is 2.33. The molecule has 0 atom stereocenters. The topological polar surface area (TPSA) is 119 Å². The lowest BCUT2D eigenvalue weighted by Gasteiger charge is -2.19. The van der Waals surface area contributed by atoms with Gasteiger partial charge in [0.1, 0.15) is 30.4 Å². The summed E-state index contributed by atoms with van der Waals surface area (Å²) in [4.78, 5) is 39.9. The van der Waals surface area contributed by atoms with Crippen molar-refractivity contribution in [2.24, 2.45) is 0 Å². The number of hydrogen-bond donors (Lipinski definition) is 3. The van der Waals surface area contributed by atoms with E-state index in [-0.39, 0.29) is 17.4 Å². The van der Waals surface area contributed by atoms with Gasteiger partial charge in [-0.2, -0.15) is 0 Å². The summed E-state index contributed by atoms with van der Waals surface area (Å²) in [6.45, 7) is 2.98. The molecular weight excluding hydrogens is 614 g/mol. The van der Waals surface area contributed by atoms with Crippen LogP contribution in [0.25, 0.3) is 17.4 Å². The van der Waals surface area contributed by atoms with Crippen molar-refractivity contribution in [1.29, 1.82) is 0 Å². The third-order valence-corrected chi connectivity index (χ3v) is 8.10. The second-order valence-corrected chi connectivity index (χ2v) is 11.7. The van der Waals surface area contributed by atoms with Gasteiger partial charge >= 0.3 is 0 Å². The van der Waals surface area contributed by atoms with Gasteiger partial charge in [0, 0.05) is 39.5 Å². The molecule has 9 nitrogen and oxygen atoms in total. The Kier molecular flexibility index (Phi) is 9.69. The van der Waals surface area contributed by atoms with E-state index in [0.29, 0.717) is 53.2 Å². The van der Waals surface area contributed by atoms with Crippen LogP contribution < -0.4 is 25.4 Å². The first-order valence-electron chi connectivity index (χ1n) is 14.9. The van der Waals surface area contributed by atoms with Gasteiger partial charge in [-0.05, 0) is 67.6 Å². The second kappa shape index (κ2) is 14.6. The number of nitrogens with one attached hydrogen (secondary N) is 3. The molecule has 0 bridgehead atoms. The van der Waals surface area contributed by atoms with E-state index in [1.807, 2.05) is 55.5 Å². The average molecular weight is 646 g/mol. The third kappa shape index (κ3) is 8.30. The fourth-order valence-corrected chi connectivity index (χ4v) is 5.39. The Morgan fingerprint density at radius 3 is 2.26 bits per heavy atom. The van der Waals surface area contributed by atoms with Crippen molar-refractivity contribution in [2.45, 2.75) is 11.8 Å². The maximum Gasteiger partial charge on any atom is 0.272 e. The molecule has 0 unspecified atom stereocenters. The predicted molar refractivity (Wildman–Crippen MR) is 183 cm³/mol. The SMILES string of the molecule is Cc1ccc(-c2ccc(/C=C(\NC(=O)c3ccccc3)C(=O)Nc3ccc(SCC(=O)Nc4ccc5c(c4)OCCO5)cc3)o2)cc1. The zero-order valence-electron chi connectivity index (χ0n) is 25.4. The van der Waals surface area contributed by atoms with Crippen molar-refractivity contribution in [3.8, 4) is 22.8 Å². The molecular formula is C37H31N3O6S. The van der Waals surface area contributed by atoms with Crippen LogP contribution in [0.1, 0.15) is 21.7 Å². The maximum atomic E-state index is 13.5. The number of furan rings is 1. The van der Waals surface area contributed by atoms with E-state index in [9.17, 15) is 14.4 Å². The molecule has 6 rings (SSSR count). The lowest BCUT2D eigenvalue weighted by Crippen LogP contribution is -2.30. The van der Waals surface area contributed by atoms with E-state index in [1.54, 1.807) is 60.7 Å². The lowest BCUT2D eigenvalue weighted by molar-refractivity contribution is -0.114. The quantitative estimate of drug-likeness (QED) is 0.109. The summed E-state index contributed by atoms with van der Waals surface area (Å²) in [5.74, 6) is 1.36. The fraction of sp³-hybridized carbons (Fsp3) is 0.108. The molecule has 3 amide bonds. The predicted octanol–water partition coefficient (Wildman–Crippen LogP) is 7.17. The number of benzene rings is 4. The summed E-state index contributed by atoms with van der Waals surface area (Å²) in [6.07, 6.45) is 1.50. The van der Waals surface area contributed by atoms with Gasteiger partial charge in [0.15, 0.2) is 11.5 Å². The summed E-state index contributed by atoms with van der Waals surface area (Å²) < 4.78 is 17.1. The number of carbonyl (C=O) groups excluding carboxylic acids is 3. The van der Waals surface area contributed by atoms with E-state index in [2.05, 4.69) is 16.0 Å². The Balaban J connectivity index is 1.10. The van der Waals surface area contributed by atoms with Crippen molar-refractivity contribution in [3.63, 3.8) is 0 Å². The minimum Gasteiger partial charge on any atom is -0.486 e. The van der Waals surface area contributed by atoms with Crippen LogP contribution in [-0.4, -0.2) is 36.7 Å². The normalized spacial score (nSPS) is 12.2. The molecule has 0 spiro atoms. The minimum absolute atomic E-state index is 0.0120. The number of amides is 3. The first-order valence-corrected chi connectivity index (χ1v) is 15.9. The third-order valence-electron chi connectivity index (χ3n) is 7.09. The molecule has 1 aliphatic heterocycles. The van der Waals surface area contributed by atoms with Gasteiger partial charge in [-0.3, -0.25) is 14.4 Å². The molecule has 236 valence electrons. The maximum absolute atomic E-state index is 13.5. The molecule has 3 N–H and O–H groups in total. The molecule has 5 aromatic rings. The van der Waals surface area contributed by atoms with E-state index in [1.165, 1.54) is 17.8 Å². The van der Waals surface area contributed by atoms with Crippen LogP contribution in [0.5, 0.6) is 11.5 Å². The standard InChI is InChI=1S/C37H31N3O6S/c1-24-7-9-25(10-8-24)32-18-14-29(46-32)22-31(40-36(42)26-5-3-2-4-6-26)37(43)39-27-11-15-30(16-12-27)47-23-35(41)38-28-13-17-33-34(21-28)45-20-19-44-33/h2-18,21-22H,19-20,23H2,1H3,(H,38,41)(H,39,43)(H,40,42)/b31-22-. The zero-order chi connectivity index (χ0) is 32.6. The number of thioether (sulfide) groups is 1. The van der Waals surface area contributed by atoms with Crippen molar-refractivity contribution in [3.05, 3.63) is 132 Å². The van der Waals surface area contributed by atoms with Gasteiger partial charge in [0.25, 0.3) is 11.8 Å². The molecule has 1 aromatic heterocycles. The molecule has 0 radical (unpaired) electrons. The Hall–Kier alpha value is -5.74. The number of aryl methyl sites for hydroxylation is 1. The first-order chi connectivity index (χ1) is 22.9. The zero-order valence-corrected chi connectivity index (χ0v) is 26.3. The van der Waals surface area contributed by atoms with Crippen LogP contribution in [0.2, 0.25) is 0 Å². The number of hydrogen-bond acceptors (Lipinski definition) is 7. The summed E-state index contributed by atoms with van der Waals surface area (Å²) >= 11 is 1.36. The smallest absolute Gasteiger partial charge is 0.272 e. The molecule has 0 saturated carbocycles. The van der Waals surface area contributed by atoms with Crippen molar-refractivity contribution in [1.82, 2.24) is 5.32 Å². The molecule has 1 aliphatic rings. The molecule has 10 heteroatoms. The number of ether oxygens (including phenoxy) is 2. The number of carbonyl (C=O) groups is 3. The van der Waals surface area contributed by atoms with Crippen LogP contribution in [0.3, 0.4) is 0 Å². The highest BCUT2D eigenvalue weighted by molar-refractivity contribution is 8.00. The highest BCUT2D eigenvalue weighted by Gasteiger charge is 2.17. The second-order valence-electron chi connectivity index (χ2n) is 10.6.